The third kappa shape index (κ3) is 5.98. The SMILES string of the molecule is CC(C)C[C@H](NC(=O)Cc1ccccc1)C(=O)N1CCN([C@H]2C[C@@]3(C)[C@@H](CC[C@@H]4[C@@H]3CC[C@]3(C)[C@@H](O)CC[C@@H]43)C[C@@H]2O)CC1. The largest absolute Gasteiger partial charge is 0.393 e. The van der Waals surface area contributed by atoms with E-state index in [0.717, 1.165) is 44.3 Å². The van der Waals surface area contributed by atoms with Gasteiger partial charge in [-0.2, -0.15) is 0 Å². The first-order valence-corrected chi connectivity index (χ1v) is 17.7. The maximum absolute atomic E-state index is 13.7. The number of nitrogens with one attached hydrogen (secondary N) is 1. The van der Waals surface area contributed by atoms with E-state index in [1.807, 2.05) is 35.2 Å². The molecule has 5 aliphatic rings. The van der Waals surface area contributed by atoms with Crippen molar-refractivity contribution in [3.63, 3.8) is 0 Å². The van der Waals surface area contributed by atoms with Crippen LogP contribution in [0.15, 0.2) is 30.3 Å². The number of piperazine rings is 1. The molecule has 2 amide bonds. The minimum atomic E-state index is -0.511. The minimum Gasteiger partial charge on any atom is -0.393 e. The molecule has 7 nitrogen and oxygen atoms in total. The maximum atomic E-state index is 13.7. The van der Waals surface area contributed by atoms with Gasteiger partial charge in [-0.15, -0.1) is 0 Å². The Morgan fingerprint density at radius 3 is 2.34 bits per heavy atom. The average Bonchev–Trinajstić information content (AvgIpc) is 3.31. The fraction of sp³-hybridized carbons (Fsp3) is 0.784. The van der Waals surface area contributed by atoms with Crippen LogP contribution in [0.3, 0.4) is 0 Å². The van der Waals surface area contributed by atoms with E-state index in [0.29, 0.717) is 43.2 Å². The van der Waals surface area contributed by atoms with E-state index < -0.39 is 6.04 Å². The molecule has 1 aromatic carbocycles. The first-order valence-electron chi connectivity index (χ1n) is 17.7. The van der Waals surface area contributed by atoms with Gasteiger partial charge in [0.15, 0.2) is 0 Å². The van der Waals surface area contributed by atoms with Crippen LogP contribution in [-0.2, 0) is 16.0 Å². The predicted molar refractivity (Wildman–Crippen MR) is 173 cm³/mol. The lowest BCUT2D eigenvalue weighted by Gasteiger charge is -2.62. The summed E-state index contributed by atoms with van der Waals surface area (Å²) in [7, 11) is 0. The number of hydrogen-bond acceptors (Lipinski definition) is 5. The summed E-state index contributed by atoms with van der Waals surface area (Å²) in [6.45, 7) is 11.9. The topological polar surface area (TPSA) is 93.1 Å². The minimum absolute atomic E-state index is 0.0232. The number of hydrogen-bond donors (Lipinski definition) is 3. The van der Waals surface area contributed by atoms with Crippen molar-refractivity contribution < 1.29 is 19.8 Å². The van der Waals surface area contributed by atoms with Gasteiger partial charge < -0.3 is 20.4 Å². The summed E-state index contributed by atoms with van der Waals surface area (Å²) in [5.74, 6) is 2.80. The van der Waals surface area contributed by atoms with Crippen molar-refractivity contribution in [2.75, 3.05) is 26.2 Å². The normalized spacial score (nSPS) is 39.7. The van der Waals surface area contributed by atoms with Crippen LogP contribution in [0.2, 0.25) is 0 Å². The zero-order chi connectivity index (χ0) is 31.2. The molecule has 1 aromatic rings. The molecule has 3 N–H and O–H groups in total. The molecule has 1 heterocycles. The summed E-state index contributed by atoms with van der Waals surface area (Å²) in [4.78, 5) is 31.0. The van der Waals surface area contributed by atoms with Crippen molar-refractivity contribution in [2.24, 2.45) is 40.4 Å². The molecule has 0 aromatic heterocycles. The zero-order valence-electron chi connectivity index (χ0n) is 27.6. The molecular formula is C37H57N3O4. The third-order valence-electron chi connectivity index (χ3n) is 13.3. The highest BCUT2D eigenvalue weighted by atomic mass is 16.3. The van der Waals surface area contributed by atoms with E-state index in [1.54, 1.807) is 0 Å². The number of carbonyl (C=O) groups is 2. The number of aliphatic hydroxyl groups excluding tert-OH is 2. The molecule has 4 saturated carbocycles. The number of nitrogens with zero attached hydrogens (tertiary/aromatic N) is 2. The van der Waals surface area contributed by atoms with E-state index >= 15 is 0 Å². The third-order valence-corrected chi connectivity index (χ3v) is 13.3. The van der Waals surface area contributed by atoms with Gasteiger partial charge >= 0.3 is 0 Å². The van der Waals surface area contributed by atoms with E-state index in [9.17, 15) is 19.8 Å². The van der Waals surface area contributed by atoms with E-state index in [4.69, 9.17) is 0 Å². The molecule has 7 heteroatoms. The number of carbonyl (C=O) groups excluding carboxylic acids is 2. The highest BCUT2D eigenvalue weighted by Gasteiger charge is 2.61. The molecular weight excluding hydrogens is 550 g/mol. The summed E-state index contributed by atoms with van der Waals surface area (Å²) in [5, 5.41) is 25.4. The van der Waals surface area contributed by atoms with Gasteiger partial charge in [-0.3, -0.25) is 14.5 Å². The molecule has 1 saturated heterocycles. The lowest BCUT2D eigenvalue weighted by atomic mass is 9.44. The van der Waals surface area contributed by atoms with Crippen molar-refractivity contribution in [1.29, 1.82) is 0 Å². The molecule has 10 atom stereocenters. The second-order valence-corrected chi connectivity index (χ2v) is 16.1. The van der Waals surface area contributed by atoms with Crippen molar-refractivity contribution in [3.8, 4) is 0 Å². The maximum Gasteiger partial charge on any atom is 0.245 e. The number of amides is 2. The van der Waals surface area contributed by atoms with Crippen LogP contribution >= 0.6 is 0 Å². The Labute approximate surface area is 265 Å². The molecule has 5 fully saturated rings. The average molecular weight is 608 g/mol. The van der Waals surface area contributed by atoms with E-state index in [-0.39, 0.29) is 53.2 Å². The molecule has 4 aliphatic carbocycles. The highest BCUT2D eigenvalue weighted by Crippen LogP contribution is 2.66. The standard InChI is InChI=1S/C37H57N3O4/c1-24(2)20-30(38-34(43)21-25-8-6-5-7-9-25)35(44)40-18-16-39(17-19-40)31-23-37(4)26(22-32(31)41)10-11-27-28-12-13-33(42)36(28,3)15-14-29(27)37/h5-9,24,26-33,41-42H,10-23H2,1-4H3,(H,38,43)/t26-,27-,28-,29-,30-,31-,32-,33-,36-,37-/m0/s1. The van der Waals surface area contributed by atoms with Crippen LogP contribution in [0, 0.1) is 40.4 Å². The Bertz CT molecular complexity index is 1170. The molecule has 6 rings (SSSR count). The molecule has 0 radical (unpaired) electrons. The van der Waals surface area contributed by atoms with Gasteiger partial charge in [-0.1, -0.05) is 58.0 Å². The number of rotatable bonds is 7. The van der Waals surface area contributed by atoms with Crippen molar-refractivity contribution in [3.05, 3.63) is 35.9 Å². The van der Waals surface area contributed by atoms with Crippen LogP contribution in [0.1, 0.15) is 91.0 Å². The van der Waals surface area contributed by atoms with Gasteiger partial charge in [0, 0.05) is 32.2 Å². The Morgan fingerprint density at radius 2 is 1.64 bits per heavy atom. The summed E-state index contributed by atoms with van der Waals surface area (Å²) in [5.41, 5.74) is 1.26. The molecule has 44 heavy (non-hydrogen) atoms. The second kappa shape index (κ2) is 12.7. The number of fused-ring (bicyclic) bond motifs is 5. The molecule has 0 bridgehead atoms. The molecule has 1 aliphatic heterocycles. The number of benzene rings is 1. The van der Waals surface area contributed by atoms with Crippen molar-refractivity contribution in [2.45, 2.75) is 116 Å². The van der Waals surface area contributed by atoms with Crippen molar-refractivity contribution in [1.82, 2.24) is 15.1 Å². The summed E-state index contributed by atoms with van der Waals surface area (Å²) < 4.78 is 0. The van der Waals surface area contributed by atoms with Gasteiger partial charge in [0.2, 0.25) is 11.8 Å². The van der Waals surface area contributed by atoms with Crippen LogP contribution < -0.4 is 5.32 Å². The molecule has 244 valence electrons. The smallest absolute Gasteiger partial charge is 0.245 e. The number of aliphatic hydroxyl groups is 2. The monoisotopic (exact) mass is 607 g/mol. The van der Waals surface area contributed by atoms with Crippen LogP contribution in [0.4, 0.5) is 0 Å². The predicted octanol–water partition coefficient (Wildman–Crippen LogP) is 4.65. The van der Waals surface area contributed by atoms with Crippen LogP contribution in [-0.4, -0.2) is 82.3 Å². The fourth-order valence-electron chi connectivity index (χ4n) is 10.8. The Kier molecular flexibility index (Phi) is 9.22. The van der Waals surface area contributed by atoms with E-state index in [2.05, 4.69) is 37.9 Å². The summed E-state index contributed by atoms with van der Waals surface area (Å²) >= 11 is 0. The van der Waals surface area contributed by atoms with Gasteiger partial charge in [0.1, 0.15) is 6.04 Å². The van der Waals surface area contributed by atoms with Gasteiger partial charge in [0.05, 0.1) is 18.6 Å². The van der Waals surface area contributed by atoms with Crippen LogP contribution in [0.25, 0.3) is 0 Å². The lowest BCUT2D eigenvalue weighted by molar-refractivity contribution is -0.157. The second-order valence-electron chi connectivity index (χ2n) is 16.1. The van der Waals surface area contributed by atoms with E-state index in [1.165, 1.54) is 25.7 Å². The Balaban J connectivity index is 1.08. The van der Waals surface area contributed by atoms with Gasteiger partial charge in [-0.05, 0) is 104 Å². The molecule has 0 spiro atoms. The summed E-state index contributed by atoms with van der Waals surface area (Å²) in [6, 6.07) is 9.31. The van der Waals surface area contributed by atoms with Crippen molar-refractivity contribution >= 4 is 11.8 Å². The fourth-order valence-corrected chi connectivity index (χ4v) is 10.8. The summed E-state index contributed by atoms with van der Waals surface area (Å²) in [6.07, 6.45) is 9.30. The zero-order valence-corrected chi connectivity index (χ0v) is 27.6. The molecule has 0 unspecified atom stereocenters. The Morgan fingerprint density at radius 1 is 0.932 bits per heavy atom. The van der Waals surface area contributed by atoms with Gasteiger partial charge in [-0.25, -0.2) is 0 Å². The first kappa shape index (κ1) is 32.0. The quantitative estimate of drug-likeness (QED) is 0.420. The van der Waals surface area contributed by atoms with Gasteiger partial charge in [0.25, 0.3) is 0 Å². The Hall–Kier alpha value is -1.96. The highest BCUT2D eigenvalue weighted by molar-refractivity contribution is 5.88. The lowest BCUT2D eigenvalue weighted by Crippen LogP contribution is -2.63. The van der Waals surface area contributed by atoms with Crippen LogP contribution in [0.5, 0.6) is 0 Å². The first-order chi connectivity index (χ1) is 21.0.